The Kier molecular flexibility index (Phi) is 7.13. The summed E-state index contributed by atoms with van der Waals surface area (Å²) < 4.78 is 16.1. The maximum atomic E-state index is 12.7. The Hall–Kier alpha value is -3.26. The average molecular weight is 413 g/mol. The lowest BCUT2D eigenvalue weighted by Gasteiger charge is -2.37. The van der Waals surface area contributed by atoms with E-state index in [0.29, 0.717) is 36.5 Å². The third kappa shape index (κ3) is 5.21. The molecule has 8 heteroatoms. The summed E-state index contributed by atoms with van der Waals surface area (Å²) >= 11 is 0. The quantitative estimate of drug-likeness (QED) is 0.705. The number of anilines is 1. The topological polar surface area (TPSA) is 103 Å². The van der Waals surface area contributed by atoms with Crippen LogP contribution >= 0.6 is 0 Å². The molecule has 0 aromatic heterocycles. The maximum absolute atomic E-state index is 12.7. The lowest BCUT2D eigenvalue weighted by atomic mass is 10.0. The second-order valence-corrected chi connectivity index (χ2v) is 7.09. The predicted molar refractivity (Wildman–Crippen MR) is 112 cm³/mol. The largest absolute Gasteiger partial charge is 0.495 e. The van der Waals surface area contributed by atoms with E-state index < -0.39 is 6.09 Å². The van der Waals surface area contributed by atoms with Gasteiger partial charge < -0.3 is 30.2 Å². The van der Waals surface area contributed by atoms with E-state index in [2.05, 4.69) is 5.32 Å². The van der Waals surface area contributed by atoms with Crippen LogP contribution in [0, 0.1) is 0 Å². The number of nitrogens with two attached hydrogens (primary N) is 1. The molecule has 2 atom stereocenters. The van der Waals surface area contributed by atoms with E-state index >= 15 is 0 Å². The molecule has 1 heterocycles. The molecule has 3 N–H and O–H groups in total. The van der Waals surface area contributed by atoms with Crippen molar-refractivity contribution in [3.05, 3.63) is 59.7 Å². The zero-order valence-electron chi connectivity index (χ0n) is 17.2. The van der Waals surface area contributed by atoms with Crippen LogP contribution in [0.1, 0.15) is 22.3 Å². The second-order valence-electron chi connectivity index (χ2n) is 7.09. The SMILES string of the molecule is COc1cc(C(=O)N[C@@H]2CCN(C(=O)OCc3ccccc3)C[C@H]2OC)ccc1N. The molecule has 8 nitrogen and oxygen atoms in total. The van der Waals surface area contributed by atoms with Gasteiger partial charge in [0.1, 0.15) is 12.4 Å². The molecule has 0 bridgehead atoms. The number of likely N-dealkylation sites (tertiary alicyclic amines) is 1. The third-order valence-corrected chi connectivity index (χ3v) is 5.14. The zero-order valence-corrected chi connectivity index (χ0v) is 17.2. The van der Waals surface area contributed by atoms with Crippen LogP contribution in [0.25, 0.3) is 0 Å². The number of hydrogen-bond donors (Lipinski definition) is 2. The Labute approximate surface area is 175 Å². The van der Waals surface area contributed by atoms with Crippen molar-refractivity contribution in [2.24, 2.45) is 0 Å². The van der Waals surface area contributed by atoms with Crippen LogP contribution in [0.4, 0.5) is 10.5 Å². The van der Waals surface area contributed by atoms with Gasteiger partial charge in [0, 0.05) is 19.2 Å². The van der Waals surface area contributed by atoms with E-state index in [1.807, 2.05) is 30.3 Å². The van der Waals surface area contributed by atoms with Gasteiger partial charge in [-0.05, 0) is 30.2 Å². The van der Waals surface area contributed by atoms with E-state index in [1.54, 1.807) is 30.2 Å². The molecular weight excluding hydrogens is 386 g/mol. The van der Waals surface area contributed by atoms with Crippen LogP contribution in [-0.4, -0.2) is 56.4 Å². The number of nitrogen functional groups attached to an aromatic ring is 1. The van der Waals surface area contributed by atoms with E-state index in [4.69, 9.17) is 19.9 Å². The first-order valence-corrected chi connectivity index (χ1v) is 9.74. The summed E-state index contributed by atoms with van der Waals surface area (Å²) in [6.07, 6.45) is -0.187. The van der Waals surface area contributed by atoms with Crippen molar-refractivity contribution in [1.82, 2.24) is 10.2 Å². The molecule has 0 saturated carbocycles. The van der Waals surface area contributed by atoms with Gasteiger partial charge in [0.25, 0.3) is 5.91 Å². The summed E-state index contributed by atoms with van der Waals surface area (Å²) in [7, 11) is 3.07. The molecule has 1 fully saturated rings. The van der Waals surface area contributed by atoms with Crippen molar-refractivity contribution in [3.63, 3.8) is 0 Å². The summed E-state index contributed by atoms with van der Waals surface area (Å²) in [4.78, 5) is 26.7. The monoisotopic (exact) mass is 413 g/mol. The molecule has 1 aliphatic rings. The summed E-state index contributed by atoms with van der Waals surface area (Å²) in [5.41, 5.74) is 7.64. The number of carbonyl (C=O) groups excluding carboxylic acids is 2. The van der Waals surface area contributed by atoms with E-state index in [9.17, 15) is 9.59 Å². The Morgan fingerprint density at radius 2 is 1.93 bits per heavy atom. The smallest absolute Gasteiger partial charge is 0.410 e. The van der Waals surface area contributed by atoms with Crippen molar-refractivity contribution in [1.29, 1.82) is 0 Å². The third-order valence-electron chi connectivity index (χ3n) is 5.14. The average Bonchev–Trinajstić information content (AvgIpc) is 2.78. The first kappa shape index (κ1) is 21.4. The number of benzene rings is 2. The molecule has 0 aliphatic carbocycles. The minimum absolute atomic E-state index is 0.215. The molecule has 1 aliphatic heterocycles. The van der Waals surface area contributed by atoms with Crippen molar-refractivity contribution in [2.45, 2.75) is 25.2 Å². The summed E-state index contributed by atoms with van der Waals surface area (Å²) in [6, 6.07) is 14.2. The van der Waals surface area contributed by atoms with Crippen molar-refractivity contribution < 1.29 is 23.8 Å². The van der Waals surface area contributed by atoms with Gasteiger partial charge >= 0.3 is 6.09 Å². The highest BCUT2D eigenvalue weighted by Gasteiger charge is 2.33. The second kappa shape index (κ2) is 9.98. The van der Waals surface area contributed by atoms with Crippen LogP contribution in [0.2, 0.25) is 0 Å². The summed E-state index contributed by atoms with van der Waals surface area (Å²) in [5, 5.41) is 2.99. The fourth-order valence-electron chi connectivity index (χ4n) is 3.40. The number of piperidine rings is 1. The van der Waals surface area contributed by atoms with Gasteiger partial charge in [-0.3, -0.25) is 4.79 Å². The molecule has 2 aromatic rings. The number of amides is 2. The summed E-state index contributed by atoms with van der Waals surface area (Å²) in [6.45, 7) is 1.01. The van der Waals surface area contributed by atoms with Gasteiger partial charge in [-0.15, -0.1) is 0 Å². The minimum Gasteiger partial charge on any atom is -0.495 e. The Morgan fingerprint density at radius 1 is 1.17 bits per heavy atom. The molecule has 0 radical (unpaired) electrons. The van der Waals surface area contributed by atoms with Gasteiger partial charge in [0.15, 0.2) is 0 Å². The summed E-state index contributed by atoms with van der Waals surface area (Å²) in [5.74, 6) is 0.197. The molecular formula is C22H27N3O5. The Balaban J connectivity index is 1.56. The molecule has 0 spiro atoms. The van der Waals surface area contributed by atoms with Crippen LogP contribution in [0.5, 0.6) is 5.75 Å². The fourth-order valence-corrected chi connectivity index (χ4v) is 3.40. The van der Waals surface area contributed by atoms with Gasteiger partial charge in [0.05, 0.1) is 31.5 Å². The van der Waals surface area contributed by atoms with Crippen LogP contribution in [0.15, 0.2) is 48.5 Å². The van der Waals surface area contributed by atoms with Crippen LogP contribution < -0.4 is 15.8 Å². The van der Waals surface area contributed by atoms with Gasteiger partial charge in [-0.2, -0.15) is 0 Å². The number of methoxy groups -OCH3 is 2. The number of hydrogen-bond acceptors (Lipinski definition) is 6. The molecule has 2 aromatic carbocycles. The zero-order chi connectivity index (χ0) is 21.5. The number of carbonyl (C=O) groups is 2. The van der Waals surface area contributed by atoms with E-state index in [0.717, 1.165) is 5.56 Å². The predicted octanol–water partition coefficient (Wildman–Crippen LogP) is 2.43. The molecule has 1 saturated heterocycles. The highest BCUT2D eigenvalue weighted by atomic mass is 16.6. The lowest BCUT2D eigenvalue weighted by molar-refractivity contribution is 0.00252. The van der Waals surface area contributed by atoms with Gasteiger partial charge in [-0.1, -0.05) is 30.3 Å². The van der Waals surface area contributed by atoms with Crippen molar-refractivity contribution in [2.75, 3.05) is 33.0 Å². The molecule has 3 rings (SSSR count). The Bertz CT molecular complexity index is 874. The normalized spacial score (nSPS) is 18.5. The van der Waals surface area contributed by atoms with Crippen LogP contribution in [-0.2, 0) is 16.1 Å². The molecule has 30 heavy (non-hydrogen) atoms. The number of rotatable bonds is 6. The maximum Gasteiger partial charge on any atom is 0.410 e. The number of ether oxygens (including phenoxy) is 3. The number of nitrogens with one attached hydrogen (secondary N) is 1. The van der Waals surface area contributed by atoms with E-state index in [-0.39, 0.29) is 24.7 Å². The van der Waals surface area contributed by atoms with Gasteiger partial charge in [0.2, 0.25) is 0 Å². The molecule has 160 valence electrons. The standard InChI is InChI=1S/C22H27N3O5/c1-28-19-12-16(8-9-17(19)23)21(26)24-18-10-11-25(13-20(18)29-2)22(27)30-14-15-6-4-3-5-7-15/h3-9,12,18,20H,10-11,13-14,23H2,1-2H3,(H,24,26)/t18-,20-/m1/s1. The first-order chi connectivity index (χ1) is 14.5. The number of nitrogens with zero attached hydrogens (tertiary/aromatic N) is 1. The highest BCUT2D eigenvalue weighted by molar-refractivity contribution is 5.95. The van der Waals surface area contributed by atoms with E-state index in [1.165, 1.54) is 7.11 Å². The minimum atomic E-state index is -0.394. The lowest BCUT2D eigenvalue weighted by Crippen LogP contribution is -2.56. The fraction of sp³-hybridized carbons (Fsp3) is 0.364. The van der Waals surface area contributed by atoms with Crippen molar-refractivity contribution in [3.8, 4) is 5.75 Å². The Morgan fingerprint density at radius 3 is 2.63 bits per heavy atom. The van der Waals surface area contributed by atoms with Crippen LogP contribution in [0.3, 0.4) is 0 Å². The van der Waals surface area contributed by atoms with Crippen molar-refractivity contribution >= 4 is 17.7 Å². The first-order valence-electron chi connectivity index (χ1n) is 9.74. The molecule has 2 amide bonds. The van der Waals surface area contributed by atoms with Gasteiger partial charge in [-0.25, -0.2) is 4.79 Å². The molecule has 0 unspecified atom stereocenters. The highest BCUT2D eigenvalue weighted by Crippen LogP contribution is 2.23.